The Labute approximate surface area is 132 Å². The summed E-state index contributed by atoms with van der Waals surface area (Å²) >= 11 is 5.22. The highest BCUT2D eigenvalue weighted by molar-refractivity contribution is 9.10. The van der Waals surface area contributed by atoms with Crippen LogP contribution in [-0.4, -0.2) is 4.98 Å². The molecule has 0 unspecified atom stereocenters. The van der Waals surface area contributed by atoms with Crippen LogP contribution < -0.4 is 5.73 Å². The Morgan fingerprint density at radius 1 is 1.20 bits per heavy atom. The maximum atomic E-state index is 5.90. The van der Waals surface area contributed by atoms with Gasteiger partial charge in [-0.05, 0) is 55.0 Å². The van der Waals surface area contributed by atoms with Crippen LogP contribution in [0.3, 0.4) is 0 Å². The van der Waals surface area contributed by atoms with Gasteiger partial charge >= 0.3 is 0 Å². The van der Waals surface area contributed by atoms with Gasteiger partial charge in [0.25, 0.3) is 0 Å². The normalized spacial score (nSPS) is 14.1. The summed E-state index contributed by atoms with van der Waals surface area (Å²) in [5.41, 5.74) is 9.74. The zero-order valence-corrected chi connectivity index (χ0v) is 13.6. The standard InChI is InChI=1S/C16H17BrN2S/c17-13-5-3-6-14(9-13)20-16-12(10-18)8-11-4-1-2-7-15(11)19-16/h3,5-6,8-9H,1-2,4,7,10,18H2. The zero-order valence-electron chi connectivity index (χ0n) is 11.2. The molecule has 0 spiro atoms. The van der Waals surface area contributed by atoms with Crippen molar-refractivity contribution in [3.63, 3.8) is 0 Å². The number of rotatable bonds is 3. The number of hydrogen-bond donors (Lipinski definition) is 1. The molecule has 0 atom stereocenters. The van der Waals surface area contributed by atoms with Crippen molar-refractivity contribution in [2.75, 3.05) is 0 Å². The van der Waals surface area contributed by atoms with E-state index in [9.17, 15) is 0 Å². The van der Waals surface area contributed by atoms with Gasteiger partial charge in [0.15, 0.2) is 0 Å². The lowest BCUT2D eigenvalue weighted by Gasteiger charge is -2.18. The second-order valence-corrected chi connectivity index (χ2v) is 7.01. The second-order valence-electron chi connectivity index (χ2n) is 5.03. The summed E-state index contributed by atoms with van der Waals surface area (Å²) in [7, 11) is 0. The van der Waals surface area contributed by atoms with Crippen LogP contribution in [0.5, 0.6) is 0 Å². The van der Waals surface area contributed by atoms with E-state index in [0.717, 1.165) is 27.9 Å². The van der Waals surface area contributed by atoms with Crippen molar-refractivity contribution in [3.05, 3.63) is 51.6 Å². The molecule has 0 bridgehead atoms. The van der Waals surface area contributed by atoms with Crippen LogP contribution in [0.15, 0.2) is 44.7 Å². The van der Waals surface area contributed by atoms with E-state index < -0.39 is 0 Å². The third-order valence-electron chi connectivity index (χ3n) is 3.57. The molecule has 0 saturated heterocycles. The average molecular weight is 349 g/mol. The van der Waals surface area contributed by atoms with Crippen LogP contribution in [0.2, 0.25) is 0 Å². The van der Waals surface area contributed by atoms with Gasteiger partial charge < -0.3 is 5.73 Å². The van der Waals surface area contributed by atoms with E-state index in [-0.39, 0.29) is 0 Å². The Morgan fingerprint density at radius 2 is 2.05 bits per heavy atom. The molecule has 0 fully saturated rings. The highest BCUT2D eigenvalue weighted by Gasteiger charge is 2.15. The van der Waals surface area contributed by atoms with Crippen LogP contribution in [-0.2, 0) is 19.4 Å². The fourth-order valence-corrected chi connectivity index (χ4v) is 4.07. The van der Waals surface area contributed by atoms with Gasteiger partial charge in [-0.1, -0.05) is 39.8 Å². The second kappa shape index (κ2) is 6.29. The number of aromatic nitrogens is 1. The molecular formula is C16H17BrN2S. The van der Waals surface area contributed by atoms with Gasteiger partial charge in [-0.3, -0.25) is 0 Å². The average Bonchev–Trinajstić information content (AvgIpc) is 2.46. The molecule has 0 aliphatic heterocycles. The number of nitrogens with zero attached hydrogens (tertiary/aromatic N) is 1. The van der Waals surface area contributed by atoms with E-state index in [1.54, 1.807) is 11.8 Å². The number of aryl methyl sites for hydroxylation is 2. The summed E-state index contributed by atoms with van der Waals surface area (Å²) in [5.74, 6) is 0. The molecule has 1 aromatic heterocycles. The molecule has 0 amide bonds. The Balaban J connectivity index is 1.95. The molecule has 2 N–H and O–H groups in total. The monoisotopic (exact) mass is 348 g/mol. The highest BCUT2D eigenvalue weighted by atomic mass is 79.9. The topological polar surface area (TPSA) is 38.9 Å². The van der Waals surface area contributed by atoms with Crippen molar-refractivity contribution < 1.29 is 0 Å². The lowest BCUT2D eigenvalue weighted by Crippen LogP contribution is -2.10. The molecule has 3 rings (SSSR count). The van der Waals surface area contributed by atoms with E-state index in [0.29, 0.717) is 6.54 Å². The molecule has 4 heteroatoms. The predicted octanol–water partition coefficient (Wildman–Crippen LogP) is 4.33. The highest BCUT2D eigenvalue weighted by Crippen LogP contribution is 2.33. The van der Waals surface area contributed by atoms with Crippen molar-refractivity contribution in [3.8, 4) is 0 Å². The summed E-state index contributed by atoms with van der Waals surface area (Å²) < 4.78 is 1.09. The Hall–Kier alpha value is -0.840. The summed E-state index contributed by atoms with van der Waals surface area (Å²) in [6, 6.07) is 10.6. The number of pyridine rings is 1. The quantitative estimate of drug-likeness (QED) is 0.896. The number of halogens is 1. The van der Waals surface area contributed by atoms with Crippen molar-refractivity contribution in [2.45, 2.75) is 42.1 Å². The third kappa shape index (κ3) is 3.08. The maximum absolute atomic E-state index is 5.90. The first kappa shape index (κ1) is 14.1. The predicted molar refractivity (Wildman–Crippen MR) is 87.0 cm³/mol. The Kier molecular flexibility index (Phi) is 4.44. The largest absolute Gasteiger partial charge is 0.326 e. The molecule has 1 heterocycles. The number of fused-ring (bicyclic) bond motifs is 1. The summed E-state index contributed by atoms with van der Waals surface area (Å²) in [6.45, 7) is 0.552. The summed E-state index contributed by atoms with van der Waals surface area (Å²) in [4.78, 5) is 6.07. The minimum atomic E-state index is 0.552. The Bertz CT molecular complexity index is 628. The van der Waals surface area contributed by atoms with Gasteiger partial charge in [0.1, 0.15) is 5.03 Å². The molecule has 0 saturated carbocycles. The number of hydrogen-bond acceptors (Lipinski definition) is 3. The van der Waals surface area contributed by atoms with Crippen LogP contribution in [0.4, 0.5) is 0 Å². The lowest BCUT2D eigenvalue weighted by atomic mass is 9.95. The zero-order chi connectivity index (χ0) is 13.9. The first-order chi connectivity index (χ1) is 9.76. The third-order valence-corrected chi connectivity index (χ3v) is 5.10. The minimum Gasteiger partial charge on any atom is -0.326 e. The lowest BCUT2D eigenvalue weighted by molar-refractivity contribution is 0.656. The van der Waals surface area contributed by atoms with Crippen LogP contribution in [0, 0.1) is 0 Å². The summed E-state index contributed by atoms with van der Waals surface area (Å²) in [6.07, 6.45) is 4.78. The first-order valence-corrected chi connectivity index (χ1v) is 8.52. The fraction of sp³-hybridized carbons (Fsp3) is 0.312. The molecule has 104 valence electrons. The van der Waals surface area contributed by atoms with E-state index in [1.165, 1.54) is 29.0 Å². The van der Waals surface area contributed by atoms with Crippen LogP contribution in [0.25, 0.3) is 0 Å². The molecule has 1 aliphatic rings. The molecule has 2 aromatic rings. The smallest absolute Gasteiger partial charge is 0.106 e. The van der Waals surface area contributed by atoms with Crippen LogP contribution in [0.1, 0.15) is 29.7 Å². The molecular weight excluding hydrogens is 332 g/mol. The van der Waals surface area contributed by atoms with E-state index in [4.69, 9.17) is 10.7 Å². The van der Waals surface area contributed by atoms with Crippen molar-refractivity contribution in [1.29, 1.82) is 0 Å². The SMILES string of the molecule is NCc1cc2c(nc1Sc1cccc(Br)c1)CCCC2. The Morgan fingerprint density at radius 3 is 2.85 bits per heavy atom. The van der Waals surface area contributed by atoms with E-state index in [1.807, 2.05) is 12.1 Å². The molecule has 0 radical (unpaired) electrons. The van der Waals surface area contributed by atoms with Gasteiger partial charge in [-0.25, -0.2) is 4.98 Å². The van der Waals surface area contributed by atoms with Crippen LogP contribution >= 0.6 is 27.7 Å². The van der Waals surface area contributed by atoms with Gasteiger partial charge in [-0.15, -0.1) is 0 Å². The fourth-order valence-electron chi connectivity index (χ4n) is 2.54. The number of benzene rings is 1. The molecule has 20 heavy (non-hydrogen) atoms. The molecule has 1 aromatic carbocycles. The molecule has 2 nitrogen and oxygen atoms in total. The van der Waals surface area contributed by atoms with Crippen molar-refractivity contribution in [1.82, 2.24) is 4.98 Å². The van der Waals surface area contributed by atoms with E-state index >= 15 is 0 Å². The van der Waals surface area contributed by atoms with Crippen molar-refractivity contribution in [2.24, 2.45) is 5.73 Å². The maximum Gasteiger partial charge on any atom is 0.106 e. The van der Waals surface area contributed by atoms with Gasteiger partial charge in [0.05, 0.1) is 0 Å². The first-order valence-electron chi connectivity index (χ1n) is 6.91. The summed E-state index contributed by atoms with van der Waals surface area (Å²) in [5, 5.41) is 1.06. The molecule has 1 aliphatic carbocycles. The van der Waals surface area contributed by atoms with Gasteiger partial charge in [0.2, 0.25) is 0 Å². The van der Waals surface area contributed by atoms with Gasteiger partial charge in [-0.2, -0.15) is 0 Å². The minimum absolute atomic E-state index is 0.552. The van der Waals surface area contributed by atoms with Crippen molar-refractivity contribution >= 4 is 27.7 Å². The van der Waals surface area contributed by atoms with Gasteiger partial charge in [0, 0.05) is 21.6 Å². The van der Waals surface area contributed by atoms with E-state index in [2.05, 4.69) is 34.1 Å². The number of nitrogens with two attached hydrogens (primary N) is 1.